The Morgan fingerprint density at radius 2 is 1.64 bits per heavy atom. The van der Waals surface area contributed by atoms with Crippen LogP contribution in [-0.4, -0.2) is 9.55 Å². The molecule has 2 aromatic carbocycles. The topological polar surface area (TPSA) is 21.7 Å². The zero-order valence-electron chi connectivity index (χ0n) is 15.1. The Kier molecular flexibility index (Phi) is 3.65. The lowest BCUT2D eigenvalue weighted by molar-refractivity contribution is -0.649. The summed E-state index contributed by atoms with van der Waals surface area (Å²) in [5, 5.41) is 0. The molecule has 0 unspecified atom stereocenters. The first-order valence-corrected chi connectivity index (χ1v) is 8.55. The normalized spacial score (nSPS) is 11.2. The molecule has 0 aliphatic carbocycles. The van der Waals surface area contributed by atoms with Crippen LogP contribution >= 0.6 is 0 Å². The molecule has 4 aromatic rings. The van der Waals surface area contributed by atoms with Gasteiger partial charge in [0.15, 0.2) is 0 Å². The van der Waals surface area contributed by atoms with Gasteiger partial charge in [-0.05, 0) is 43.7 Å². The molecule has 0 aliphatic rings. The van der Waals surface area contributed by atoms with Crippen LogP contribution in [0, 0.1) is 13.8 Å². The van der Waals surface area contributed by atoms with Gasteiger partial charge in [0, 0.05) is 24.7 Å². The lowest BCUT2D eigenvalue weighted by Crippen LogP contribution is -2.34. The highest BCUT2D eigenvalue weighted by molar-refractivity contribution is 5.79. The molecular weight excluding hydrogens is 306 g/mol. The summed E-state index contributed by atoms with van der Waals surface area (Å²) in [6.45, 7) is 4.30. The smallest absolute Gasteiger partial charge is 0.248 e. The van der Waals surface area contributed by atoms with E-state index in [4.69, 9.17) is 4.98 Å². The van der Waals surface area contributed by atoms with Crippen molar-refractivity contribution >= 4 is 11.0 Å². The molecule has 2 heterocycles. The summed E-state index contributed by atoms with van der Waals surface area (Å²) in [5.74, 6) is 0.982. The lowest BCUT2D eigenvalue weighted by atomic mass is 10.0. The summed E-state index contributed by atoms with van der Waals surface area (Å²) < 4.78 is 4.40. The lowest BCUT2D eigenvalue weighted by Gasteiger charge is -2.08. The molecule has 0 saturated carbocycles. The van der Waals surface area contributed by atoms with Gasteiger partial charge in [0.25, 0.3) is 0 Å². The van der Waals surface area contributed by atoms with E-state index in [-0.39, 0.29) is 0 Å². The molecule has 2 aromatic heterocycles. The van der Waals surface area contributed by atoms with E-state index in [0.29, 0.717) is 0 Å². The van der Waals surface area contributed by atoms with Crippen molar-refractivity contribution in [2.24, 2.45) is 14.1 Å². The monoisotopic (exact) mass is 328 g/mol. The number of hydrogen-bond acceptors (Lipinski definition) is 1. The van der Waals surface area contributed by atoms with Gasteiger partial charge in [-0.25, -0.2) is 4.98 Å². The largest absolute Gasteiger partial charge is 0.322 e. The molecular formula is C22H22N3+. The average molecular weight is 328 g/mol. The first-order valence-electron chi connectivity index (χ1n) is 8.55. The molecule has 0 spiro atoms. The number of nitrogens with zero attached hydrogens (tertiary/aromatic N) is 3. The van der Waals surface area contributed by atoms with E-state index in [2.05, 4.69) is 91.7 Å². The minimum atomic E-state index is 0.982. The molecule has 0 saturated heterocycles. The van der Waals surface area contributed by atoms with Crippen molar-refractivity contribution in [1.29, 1.82) is 0 Å². The van der Waals surface area contributed by atoms with Crippen molar-refractivity contribution in [3.8, 4) is 22.8 Å². The van der Waals surface area contributed by atoms with E-state index in [9.17, 15) is 0 Å². The summed E-state index contributed by atoms with van der Waals surface area (Å²) in [6.07, 6.45) is 0. The first kappa shape index (κ1) is 15.6. The van der Waals surface area contributed by atoms with Gasteiger partial charge in [0.05, 0.1) is 11.0 Å². The molecule has 0 radical (unpaired) electrons. The van der Waals surface area contributed by atoms with Gasteiger partial charge in [-0.2, -0.15) is 4.57 Å². The minimum absolute atomic E-state index is 0.982. The number of para-hydroxylation sites is 2. The highest BCUT2D eigenvalue weighted by Gasteiger charge is 2.21. The second-order valence-corrected chi connectivity index (χ2v) is 6.66. The van der Waals surface area contributed by atoms with E-state index >= 15 is 0 Å². The quantitative estimate of drug-likeness (QED) is 0.501. The molecule has 4 rings (SSSR count). The maximum atomic E-state index is 4.86. The fourth-order valence-corrected chi connectivity index (χ4v) is 3.47. The first-order chi connectivity index (χ1) is 12.1. The zero-order valence-corrected chi connectivity index (χ0v) is 15.1. The highest BCUT2D eigenvalue weighted by atomic mass is 15.1. The molecule has 0 atom stereocenters. The van der Waals surface area contributed by atoms with E-state index in [1.165, 1.54) is 22.4 Å². The van der Waals surface area contributed by atoms with E-state index in [1.807, 2.05) is 6.07 Å². The Balaban J connectivity index is 1.95. The number of imidazole rings is 1. The Morgan fingerprint density at radius 1 is 0.880 bits per heavy atom. The van der Waals surface area contributed by atoms with Crippen LogP contribution in [0.2, 0.25) is 0 Å². The predicted octanol–water partition coefficient (Wildman–Crippen LogP) is 4.35. The van der Waals surface area contributed by atoms with Crippen molar-refractivity contribution in [2.75, 3.05) is 0 Å². The molecule has 0 bridgehead atoms. The third kappa shape index (κ3) is 2.52. The van der Waals surface area contributed by atoms with Crippen LogP contribution in [0.25, 0.3) is 33.8 Å². The summed E-state index contributed by atoms with van der Waals surface area (Å²) in [7, 11) is 4.20. The van der Waals surface area contributed by atoms with Crippen LogP contribution in [0.4, 0.5) is 0 Å². The van der Waals surface area contributed by atoms with Crippen LogP contribution in [0.3, 0.4) is 0 Å². The number of hydrogen-bond donors (Lipinski definition) is 0. The standard InChI is InChI=1S/C22H22N3/c1-15-12-13-16(2)17(14-15)19-10-7-11-21(24(19)3)22-23-18-8-5-6-9-20(18)25(22)4/h5-14H,1-4H3/q+1. The molecule has 0 amide bonds. The average Bonchev–Trinajstić information content (AvgIpc) is 2.95. The number of aromatic nitrogens is 3. The molecule has 0 fully saturated rings. The maximum absolute atomic E-state index is 4.86. The SMILES string of the molecule is Cc1ccc(C)c(-c2cccc(-c3nc4ccccc4n3C)[n+]2C)c1. The van der Waals surface area contributed by atoms with Crippen LogP contribution < -0.4 is 4.57 Å². The summed E-state index contributed by atoms with van der Waals surface area (Å²) in [4.78, 5) is 4.86. The van der Waals surface area contributed by atoms with Gasteiger partial charge in [0.2, 0.25) is 17.2 Å². The van der Waals surface area contributed by atoms with Crippen molar-refractivity contribution in [1.82, 2.24) is 9.55 Å². The zero-order chi connectivity index (χ0) is 17.6. The molecule has 3 nitrogen and oxygen atoms in total. The molecule has 0 aliphatic heterocycles. The second kappa shape index (κ2) is 5.85. The Bertz CT molecular complexity index is 1090. The van der Waals surface area contributed by atoms with Crippen molar-refractivity contribution in [3.05, 3.63) is 71.8 Å². The van der Waals surface area contributed by atoms with E-state index in [1.54, 1.807) is 0 Å². The number of rotatable bonds is 2. The number of benzene rings is 2. The number of aryl methyl sites for hydroxylation is 3. The number of fused-ring (bicyclic) bond motifs is 1. The Hall–Kier alpha value is -2.94. The van der Waals surface area contributed by atoms with Gasteiger partial charge >= 0.3 is 0 Å². The molecule has 124 valence electrons. The van der Waals surface area contributed by atoms with Crippen LogP contribution in [-0.2, 0) is 14.1 Å². The second-order valence-electron chi connectivity index (χ2n) is 6.66. The van der Waals surface area contributed by atoms with E-state index in [0.717, 1.165) is 22.6 Å². The summed E-state index contributed by atoms with van der Waals surface area (Å²) >= 11 is 0. The van der Waals surface area contributed by atoms with Crippen molar-refractivity contribution < 1.29 is 4.57 Å². The maximum Gasteiger partial charge on any atom is 0.248 e. The Labute approximate surface area is 148 Å². The third-order valence-corrected chi connectivity index (χ3v) is 4.92. The minimum Gasteiger partial charge on any atom is -0.322 e. The summed E-state index contributed by atoms with van der Waals surface area (Å²) in [5.41, 5.74) is 8.30. The van der Waals surface area contributed by atoms with Crippen LogP contribution in [0.5, 0.6) is 0 Å². The fourth-order valence-electron chi connectivity index (χ4n) is 3.47. The molecule has 0 N–H and O–H groups in total. The van der Waals surface area contributed by atoms with Crippen molar-refractivity contribution in [2.45, 2.75) is 13.8 Å². The van der Waals surface area contributed by atoms with Gasteiger partial charge in [-0.3, -0.25) is 0 Å². The molecule has 3 heteroatoms. The third-order valence-electron chi connectivity index (χ3n) is 4.92. The summed E-state index contributed by atoms with van der Waals surface area (Å²) in [6, 6.07) is 21.3. The predicted molar refractivity (Wildman–Crippen MR) is 102 cm³/mol. The van der Waals surface area contributed by atoms with Crippen LogP contribution in [0.15, 0.2) is 60.7 Å². The van der Waals surface area contributed by atoms with Gasteiger partial charge in [-0.15, -0.1) is 0 Å². The Morgan fingerprint density at radius 3 is 2.44 bits per heavy atom. The number of pyridine rings is 1. The van der Waals surface area contributed by atoms with Gasteiger partial charge in [0.1, 0.15) is 7.05 Å². The van der Waals surface area contributed by atoms with Crippen molar-refractivity contribution in [3.63, 3.8) is 0 Å². The molecule has 25 heavy (non-hydrogen) atoms. The highest BCUT2D eigenvalue weighted by Crippen LogP contribution is 2.25. The fraction of sp³-hybridized carbons (Fsp3) is 0.182. The van der Waals surface area contributed by atoms with Crippen LogP contribution in [0.1, 0.15) is 11.1 Å². The van der Waals surface area contributed by atoms with E-state index < -0.39 is 0 Å². The van der Waals surface area contributed by atoms with Gasteiger partial charge in [-0.1, -0.05) is 29.8 Å². The van der Waals surface area contributed by atoms with Gasteiger partial charge < -0.3 is 4.57 Å².